The fourth-order valence-corrected chi connectivity index (χ4v) is 1.74. The maximum atomic E-state index is 11.0. The van der Waals surface area contributed by atoms with Crippen LogP contribution in [0.15, 0.2) is 6.33 Å². The Hall–Kier alpha value is -2.05. The summed E-state index contributed by atoms with van der Waals surface area (Å²) in [6, 6.07) is 0.135. The lowest BCUT2D eigenvalue weighted by Crippen LogP contribution is -2.42. The number of anilines is 2. The summed E-state index contributed by atoms with van der Waals surface area (Å²) in [6.45, 7) is 0.575. The summed E-state index contributed by atoms with van der Waals surface area (Å²) >= 11 is 0. The predicted octanol–water partition coefficient (Wildman–Crippen LogP) is -0.242. The molecule has 92 valence electrons. The zero-order chi connectivity index (χ0) is 12.3. The zero-order valence-electron chi connectivity index (χ0n) is 9.56. The molecule has 7 heteroatoms. The van der Waals surface area contributed by atoms with Crippen LogP contribution in [-0.2, 0) is 4.79 Å². The number of nitrogen functional groups attached to an aromatic ring is 1. The minimum Gasteiger partial charge on any atom is -0.490 e. The number of amides is 1. The highest BCUT2D eigenvalue weighted by molar-refractivity contribution is 5.77. The van der Waals surface area contributed by atoms with Crippen LogP contribution >= 0.6 is 0 Å². The van der Waals surface area contributed by atoms with E-state index in [1.165, 1.54) is 13.4 Å². The number of carbonyl (C=O) groups is 1. The van der Waals surface area contributed by atoms with Gasteiger partial charge in [0.1, 0.15) is 6.33 Å². The van der Waals surface area contributed by atoms with Crippen molar-refractivity contribution in [2.24, 2.45) is 0 Å². The molecular formula is C10H15N5O2. The molecule has 1 atom stereocenters. The van der Waals surface area contributed by atoms with Crippen LogP contribution in [0.3, 0.4) is 0 Å². The Kier molecular flexibility index (Phi) is 3.27. The van der Waals surface area contributed by atoms with E-state index in [1.54, 1.807) is 0 Å². The van der Waals surface area contributed by atoms with E-state index in [9.17, 15) is 4.79 Å². The quantitative estimate of drug-likeness (QED) is 0.670. The average molecular weight is 237 g/mol. The third-order valence-corrected chi connectivity index (χ3v) is 2.64. The van der Waals surface area contributed by atoms with E-state index >= 15 is 0 Å². The Morgan fingerprint density at radius 2 is 2.41 bits per heavy atom. The Balaban J connectivity index is 2.08. The van der Waals surface area contributed by atoms with Gasteiger partial charge in [-0.3, -0.25) is 4.79 Å². The van der Waals surface area contributed by atoms with Crippen molar-refractivity contribution in [3.63, 3.8) is 0 Å². The first-order chi connectivity index (χ1) is 8.20. The lowest BCUT2D eigenvalue weighted by Gasteiger charge is -2.24. The molecule has 0 saturated carbocycles. The molecule has 0 bridgehead atoms. The van der Waals surface area contributed by atoms with Crippen LogP contribution in [0, 0.1) is 0 Å². The van der Waals surface area contributed by atoms with Crippen LogP contribution in [0.1, 0.15) is 12.8 Å². The smallest absolute Gasteiger partial charge is 0.220 e. The summed E-state index contributed by atoms with van der Waals surface area (Å²) in [5.41, 5.74) is 5.67. The number of nitrogens with one attached hydrogen (secondary N) is 2. The molecule has 4 N–H and O–H groups in total. The van der Waals surface area contributed by atoms with Crippen LogP contribution < -0.4 is 21.1 Å². The van der Waals surface area contributed by atoms with E-state index in [2.05, 4.69) is 20.6 Å². The van der Waals surface area contributed by atoms with Gasteiger partial charge in [0, 0.05) is 19.0 Å². The summed E-state index contributed by atoms with van der Waals surface area (Å²) in [5, 5.41) is 5.98. The topological polar surface area (TPSA) is 102 Å². The first kappa shape index (κ1) is 11.4. The number of rotatable bonds is 3. The molecule has 1 aliphatic rings. The average Bonchev–Trinajstić information content (AvgIpc) is 2.32. The van der Waals surface area contributed by atoms with Crippen molar-refractivity contribution in [2.45, 2.75) is 18.9 Å². The normalized spacial score (nSPS) is 19.6. The Labute approximate surface area is 98.8 Å². The van der Waals surface area contributed by atoms with Crippen molar-refractivity contribution in [2.75, 3.05) is 24.7 Å². The molecule has 0 spiro atoms. The summed E-state index contributed by atoms with van der Waals surface area (Å²) < 4.78 is 5.14. The van der Waals surface area contributed by atoms with E-state index in [0.717, 1.165) is 6.42 Å². The van der Waals surface area contributed by atoms with Crippen molar-refractivity contribution < 1.29 is 9.53 Å². The minimum atomic E-state index is 0.0808. The molecule has 1 fully saturated rings. The molecule has 7 nitrogen and oxygen atoms in total. The first-order valence-corrected chi connectivity index (χ1v) is 5.38. The van der Waals surface area contributed by atoms with E-state index in [4.69, 9.17) is 10.5 Å². The third-order valence-electron chi connectivity index (χ3n) is 2.64. The number of nitrogens with zero attached hydrogens (tertiary/aromatic N) is 2. The summed E-state index contributed by atoms with van der Waals surface area (Å²) in [7, 11) is 1.52. The van der Waals surface area contributed by atoms with Crippen molar-refractivity contribution in [3.8, 4) is 5.75 Å². The van der Waals surface area contributed by atoms with Gasteiger partial charge in [-0.2, -0.15) is 0 Å². The molecule has 0 aliphatic carbocycles. The first-order valence-electron chi connectivity index (χ1n) is 5.38. The van der Waals surface area contributed by atoms with Crippen molar-refractivity contribution in [3.05, 3.63) is 6.33 Å². The highest BCUT2D eigenvalue weighted by Crippen LogP contribution is 2.27. The van der Waals surface area contributed by atoms with Crippen LogP contribution in [0.5, 0.6) is 5.75 Å². The van der Waals surface area contributed by atoms with Gasteiger partial charge in [-0.05, 0) is 6.42 Å². The predicted molar refractivity (Wildman–Crippen MR) is 62.7 cm³/mol. The molecule has 2 heterocycles. The maximum Gasteiger partial charge on any atom is 0.220 e. The van der Waals surface area contributed by atoms with Gasteiger partial charge in [-0.15, -0.1) is 0 Å². The number of hydrogen-bond donors (Lipinski definition) is 3. The molecule has 1 amide bonds. The van der Waals surface area contributed by atoms with Gasteiger partial charge in [-0.1, -0.05) is 0 Å². The minimum absolute atomic E-state index is 0.0808. The van der Waals surface area contributed by atoms with Gasteiger partial charge >= 0.3 is 0 Å². The van der Waals surface area contributed by atoms with Crippen LogP contribution in [-0.4, -0.2) is 35.6 Å². The number of piperidine rings is 1. The van der Waals surface area contributed by atoms with Crippen molar-refractivity contribution in [1.29, 1.82) is 0 Å². The monoisotopic (exact) mass is 237 g/mol. The molecule has 0 aromatic carbocycles. The molecule has 1 saturated heterocycles. The number of aromatic nitrogens is 2. The molecule has 0 radical (unpaired) electrons. The van der Waals surface area contributed by atoms with E-state index in [-0.39, 0.29) is 11.9 Å². The van der Waals surface area contributed by atoms with Crippen molar-refractivity contribution in [1.82, 2.24) is 15.3 Å². The lowest BCUT2D eigenvalue weighted by atomic mass is 10.1. The van der Waals surface area contributed by atoms with Crippen molar-refractivity contribution >= 4 is 17.5 Å². The van der Waals surface area contributed by atoms with E-state index < -0.39 is 0 Å². The van der Waals surface area contributed by atoms with Gasteiger partial charge in [0.25, 0.3) is 0 Å². The molecule has 1 aromatic heterocycles. The molecule has 1 aliphatic heterocycles. The standard InChI is InChI=1S/C10H15N5O2/c1-17-8-9(11)13-5-14-10(8)15-6-2-3-7(16)12-4-6/h5-6H,2-4H2,1H3,(H,12,16)(H3,11,13,14,15). The molecule has 1 unspecified atom stereocenters. The molecular weight excluding hydrogens is 222 g/mol. The van der Waals surface area contributed by atoms with Gasteiger partial charge in [0.05, 0.1) is 7.11 Å². The molecule has 17 heavy (non-hydrogen) atoms. The Morgan fingerprint density at radius 1 is 1.59 bits per heavy atom. The van der Waals surface area contributed by atoms with Crippen LogP contribution in [0.2, 0.25) is 0 Å². The third kappa shape index (κ3) is 2.55. The van der Waals surface area contributed by atoms with Gasteiger partial charge in [0.2, 0.25) is 11.7 Å². The highest BCUT2D eigenvalue weighted by atomic mass is 16.5. The second-order valence-corrected chi connectivity index (χ2v) is 3.82. The lowest BCUT2D eigenvalue weighted by molar-refractivity contribution is -0.122. The molecule has 2 rings (SSSR count). The highest BCUT2D eigenvalue weighted by Gasteiger charge is 2.20. The zero-order valence-corrected chi connectivity index (χ0v) is 9.56. The Bertz CT molecular complexity index is 413. The van der Waals surface area contributed by atoms with Crippen LogP contribution in [0.25, 0.3) is 0 Å². The van der Waals surface area contributed by atoms with Gasteiger partial charge < -0.3 is 21.1 Å². The SMILES string of the molecule is COc1c(N)ncnc1NC1CCC(=O)NC1. The number of hydrogen-bond acceptors (Lipinski definition) is 6. The summed E-state index contributed by atoms with van der Waals surface area (Å²) in [4.78, 5) is 19.0. The fourth-order valence-electron chi connectivity index (χ4n) is 1.74. The maximum absolute atomic E-state index is 11.0. The fraction of sp³-hybridized carbons (Fsp3) is 0.500. The summed E-state index contributed by atoms with van der Waals surface area (Å²) in [5.74, 6) is 1.37. The van der Waals surface area contributed by atoms with E-state index in [1.807, 2.05) is 0 Å². The number of ether oxygens (including phenoxy) is 1. The number of methoxy groups -OCH3 is 1. The second kappa shape index (κ2) is 4.86. The Morgan fingerprint density at radius 3 is 3.06 bits per heavy atom. The van der Waals surface area contributed by atoms with Gasteiger partial charge in [-0.25, -0.2) is 9.97 Å². The number of carbonyl (C=O) groups excluding carboxylic acids is 1. The van der Waals surface area contributed by atoms with Gasteiger partial charge in [0.15, 0.2) is 11.6 Å². The van der Waals surface area contributed by atoms with Crippen LogP contribution in [0.4, 0.5) is 11.6 Å². The number of nitrogens with two attached hydrogens (primary N) is 1. The summed E-state index contributed by atoms with van der Waals surface area (Å²) in [6.07, 6.45) is 2.65. The second-order valence-electron chi connectivity index (χ2n) is 3.82. The van der Waals surface area contributed by atoms with E-state index in [0.29, 0.717) is 30.4 Å². The largest absolute Gasteiger partial charge is 0.490 e. The molecule has 1 aromatic rings.